The third-order valence-corrected chi connectivity index (χ3v) is 4.72. The predicted molar refractivity (Wildman–Crippen MR) is 102 cm³/mol. The highest BCUT2D eigenvalue weighted by Crippen LogP contribution is 2.24. The van der Waals surface area contributed by atoms with Crippen LogP contribution in [0.5, 0.6) is 5.75 Å². The molecule has 1 aromatic heterocycles. The summed E-state index contributed by atoms with van der Waals surface area (Å²) in [4.78, 5) is 28.2. The van der Waals surface area contributed by atoms with Gasteiger partial charge in [-0.1, -0.05) is 17.3 Å². The van der Waals surface area contributed by atoms with Crippen LogP contribution in [0.2, 0.25) is 0 Å². The number of amides is 1. The normalized spacial score (nSPS) is 10.5. The zero-order chi connectivity index (χ0) is 19.9. The van der Waals surface area contributed by atoms with E-state index in [2.05, 4.69) is 10.1 Å². The second kappa shape index (κ2) is 9.05. The molecule has 1 amide bonds. The van der Waals surface area contributed by atoms with Gasteiger partial charge < -0.3 is 19.7 Å². The summed E-state index contributed by atoms with van der Waals surface area (Å²) < 4.78 is 15.5. The van der Waals surface area contributed by atoms with Crippen molar-refractivity contribution in [3.63, 3.8) is 0 Å². The molecule has 28 heavy (non-hydrogen) atoms. The number of hydrogen-bond donors (Lipinski definition) is 1. The number of carbonyl (C=O) groups excluding carboxylic acids is 2. The average molecular weight is 399 g/mol. The fourth-order valence-electron chi connectivity index (χ4n) is 2.29. The number of rotatable bonds is 8. The van der Waals surface area contributed by atoms with Crippen molar-refractivity contribution in [2.45, 2.75) is 11.5 Å². The van der Waals surface area contributed by atoms with Crippen LogP contribution in [0.25, 0.3) is 11.4 Å². The summed E-state index contributed by atoms with van der Waals surface area (Å²) >= 11 is 1.17. The molecule has 0 saturated heterocycles. The Morgan fingerprint density at radius 3 is 2.61 bits per heavy atom. The molecule has 0 saturated carbocycles. The van der Waals surface area contributed by atoms with Crippen LogP contribution in [-0.2, 0) is 16.1 Å². The maximum atomic E-state index is 12.4. The van der Waals surface area contributed by atoms with Crippen LogP contribution in [0.15, 0.2) is 57.9 Å². The summed E-state index contributed by atoms with van der Waals surface area (Å²) in [6.07, 6.45) is 0. The molecule has 0 unspecified atom stereocenters. The van der Waals surface area contributed by atoms with E-state index in [0.717, 1.165) is 5.56 Å². The molecule has 1 heterocycles. The SMILES string of the molecule is COc1ccc(-c2noc(COC(=O)c3ccccc3SCC(N)=O)n2)cc1. The Balaban J connectivity index is 1.64. The van der Waals surface area contributed by atoms with Crippen LogP contribution in [-0.4, -0.2) is 34.9 Å². The van der Waals surface area contributed by atoms with E-state index in [1.54, 1.807) is 55.6 Å². The van der Waals surface area contributed by atoms with Crippen molar-refractivity contribution >= 4 is 23.6 Å². The standard InChI is InChI=1S/C19H17N3O5S/c1-25-13-8-6-12(7-9-13)18-21-17(27-22-18)10-26-19(24)14-4-2-3-5-15(14)28-11-16(20)23/h2-9H,10-11H2,1H3,(H2,20,23). The highest BCUT2D eigenvalue weighted by Gasteiger charge is 2.16. The molecule has 2 aromatic carbocycles. The fourth-order valence-corrected chi connectivity index (χ4v) is 3.07. The summed E-state index contributed by atoms with van der Waals surface area (Å²) in [5.74, 6) is 0.308. The number of ether oxygens (including phenoxy) is 2. The minimum atomic E-state index is -0.559. The fraction of sp³-hybridized carbons (Fsp3) is 0.158. The van der Waals surface area contributed by atoms with Crippen molar-refractivity contribution in [1.82, 2.24) is 10.1 Å². The molecule has 2 N–H and O–H groups in total. The molecule has 0 aliphatic carbocycles. The molecule has 0 radical (unpaired) electrons. The summed E-state index contributed by atoms with van der Waals surface area (Å²) in [6.45, 7) is -0.170. The van der Waals surface area contributed by atoms with Gasteiger partial charge in [-0.05, 0) is 36.4 Å². The minimum absolute atomic E-state index is 0.0686. The zero-order valence-electron chi connectivity index (χ0n) is 15.0. The largest absolute Gasteiger partial charge is 0.497 e. The first-order valence-electron chi connectivity index (χ1n) is 8.21. The first-order chi connectivity index (χ1) is 13.6. The number of nitrogens with two attached hydrogens (primary N) is 1. The van der Waals surface area contributed by atoms with Gasteiger partial charge in [0, 0.05) is 10.5 Å². The van der Waals surface area contributed by atoms with Gasteiger partial charge in [0.15, 0.2) is 6.61 Å². The molecule has 0 aliphatic rings. The lowest BCUT2D eigenvalue weighted by molar-refractivity contribution is -0.115. The molecule has 9 heteroatoms. The molecule has 0 fully saturated rings. The number of primary amides is 1. The van der Waals surface area contributed by atoms with Gasteiger partial charge in [0.2, 0.25) is 11.7 Å². The number of methoxy groups -OCH3 is 1. The van der Waals surface area contributed by atoms with Crippen LogP contribution in [0, 0.1) is 0 Å². The number of esters is 1. The second-order valence-electron chi connectivity index (χ2n) is 5.57. The molecule has 3 aromatic rings. The Kier molecular flexibility index (Phi) is 6.28. The van der Waals surface area contributed by atoms with Crippen LogP contribution < -0.4 is 10.5 Å². The molecule has 3 rings (SSSR count). The lowest BCUT2D eigenvalue weighted by Crippen LogP contribution is -2.14. The van der Waals surface area contributed by atoms with Crippen molar-refractivity contribution in [2.24, 2.45) is 5.73 Å². The maximum Gasteiger partial charge on any atom is 0.339 e. The van der Waals surface area contributed by atoms with Gasteiger partial charge in [-0.25, -0.2) is 4.79 Å². The number of benzene rings is 2. The van der Waals surface area contributed by atoms with Gasteiger partial charge in [0.25, 0.3) is 5.89 Å². The average Bonchev–Trinajstić information content (AvgIpc) is 3.20. The van der Waals surface area contributed by atoms with E-state index < -0.39 is 11.9 Å². The van der Waals surface area contributed by atoms with Crippen molar-refractivity contribution in [2.75, 3.05) is 12.9 Å². The van der Waals surface area contributed by atoms with Crippen LogP contribution in [0.3, 0.4) is 0 Å². The number of nitrogens with zero attached hydrogens (tertiary/aromatic N) is 2. The van der Waals surface area contributed by atoms with E-state index in [9.17, 15) is 9.59 Å². The Morgan fingerprint density at radius 2 is 1.89 bits per heavy atom. The lowest BCUT2D eigenvalue weighted by Gasteiger charge is -2.07. The Hall–Kier alpha value is -3.33. The van der Waals surface area contributed by atoms with Gasteiger partial charge >= 0.3 is 5.97 Å². The van der Waals surface area contributed by atoms with Crippen molar-refractivity contribution in [3.05, 3.63) is 60.0 Å². The van der Waals surface area contributed by atoms with E-state index in [1.165, 1.54) is 11.8 Å². The van der Waals surface area contributed by atoms with Gasteiger partial charge in [0.05, 0.1) is 18.4 Å². The quantitative estimate of drug-likeness (QED) is 0.454. The molecular weight excluding hydrogens is 382 g/mol. The molecule has 144 valence electrons. The summed E-state index contributed by atoms with van der Waals surface area (Å²) in [7, 11) is 1.58. The Morgan fingerprint density at radius 1 is 1.14 bits per heavy atom. The van der Waals surface area contributed by atoms with E-state index in [0.29, 0.717) is 22.0 Å². The number of hydrogen-bond acceptors (Lipinski definition) is 8. The smallest absolute Gasteiger partial charge is 0.339 e. The van der Waals surface area contributed by atoms with Crippen LogP contribution >= 0.6 is 11.8 Å². The van der Waals surface area contributed by atoms with Gasteiger partial charge in [-0.3, -0.25) is 4.79 Å². The number of aromatic nitrogens is 2. The third kappa shape index (κ3) is 4.89. The number of thioether (sulfide) groups is 1. The van der Waals surface area contributed by atoms with E-state index >= 15 is 0 Å². The lowest BCUT2D eigenvalue weighted by atomic mass is 10.2. The van der Waals surface area contributed by atoms with E-state index in [4.69, 9.17) is 19.7 Å². The number of carbonyl (C=O) groups is 2. The third-order valence-electron chi connectivity index (χ3n) is 3.62. The zero-order valence-corrected chi connectivity index (χ0v) is 15.8. The maximum absolute atomic E-state index is 12.4. The van der Waals surface area contributed by atoms with E-state index in [-0.39, 0.29) is 18.3 Å². The highest BCUT2D eigenvalue weighted by atomic mass is 32.2. The molecule has 8 nitrogen and oxygen atoms in total. The van der Waals surface area contributed by atoms with Crippen molar-refractivity contribution < 1.29 is 23.6 Å². The predicted octanol–water partition coefficient (Wildman–Crippen LogP) is 2.68. The summed E-state index contributed by atoms with van der Waals surface area (Å²) in [6, 6.07) is 14.0. The molecule has 0 aliphatic heterocycles. The summed E-state index contributed by atoms with van der Waals surface area (Å²) in [5, 5.41) is 3.89. The monoisotopic (exact) mass is 399 g/mol. The molecule has 0 spiro atoms. The van der Waals surface area contributed by atoms with Gasteiger partial charge in [-0.15, -0.1) is 11.8 Å². The minimum Gasteiger partial charge on any atom is -0.497 e. The Labute approximate surface area is 165 Å². The second-order valence-corrected chi connectivity index (χ2v) is 6.58. The molecular formula is C19H17N3O5S. The highest BCUT2D eigenvalue weighted by molar-refractivity contribution is 8.00. The topological polar surface area (TPSA) is 118 Å². The van der Waals surface area contributed by atoms with E-state index in [1.807, 2.05) is 0 Å². The van der Waals surface area contributed by atoms with Gasteiger partial charge in [0.1, 0.15) is 5.75 Å². The molecule has 0 atom stereocenters. The van der Waals surface area contributed by atoms with Crippen molar-refractivity contribution in [1.29, 1.82) is 0 Å². The van der Waals surface area contributed by atoms with Gasteiger partial charge in [-0.2, -0.15) is 4.98 Å². The molecule has 0 bridgehead atoms. The van der Waals surface area contributed by atoms with Crippen LogP contribution in [0.1, 0.15) is 16.2 Å². The van der Waals surface area contributed by atoms with Crippen molar-refractivity contribution in [3.8, 4) is 17.1 Å². The first kappa shape index (κ1) is 19.4. The summed E-state index contributed by atoms with van der Waals surface area (Å²) in [5.41, 5.74) is 6.24. The first-order valence-corrected chi connectivity index (χ1v) is 9.19. The Bertz CT molecular complexity index is 972. The van der Waals surface area contributed by atoms with Crippen LogP contribution in [0.4, 0.5) is 0 Å².